The van der Waals surface area contributed by atoms with Gasteiger partial charge in [0.2, 0.25) is 0 Å². The van der Waals surface area contributed by atoms with Crippen molar-refractivity contribution in [3.05, 3.63) is 29.2 Å². The van der Waals surface area contributed by atoms with Gasteiger partial charge in [0.25, 0.3) is 0 Å². The molecule has 0 radical (unpaired) electrons. The Bertz CT molecular complexity index is 853. The number of pyridine rings is 1. The lowest BCUT2D eigenvalue weighted by Gasteiger charge is -2.22. The van der Waals surface area contributed by atoms with Crippen LogP contribution in [0.2, 0.25) is 0 Å². The maximum atomic E-state index is 8.28. The number of nitrogens with zero attached hydrogens (tertiary/aromatic N) is 4. The van der Waals surface area contributed by atoms with Gasteiger partial charge in [-0.3, -0.25) is 0 Å². The van der Waals surface area contributed by atoms with E-state index in [0.29, 0.717) is 29.2 Å². The summed E-state index contributed by atoms with van der Waals surface area (Å²) in [6.45, 7) is 12.5. The van der Waals surface area contributed by atoms with Gasteiger partial charge >= 0.3 is 0 Å². The molecule has 0 fully saturated rings. The molecule has 2 rings (SSSR count). The molecule has 0 aliphatic rings. The molecule has 0 bridgehead atoms. The van der Waals surface area contributed by atoms with Gasteiger partial charge in [0.15, 0.2) is 5.82 Å². The summed E-state index contributed by atoms with van der Waals surface area (Å²) in [5.74, 6) is 1.95. The minimum Gasteiger partial charge on any atom is -0.366 e. The first-order chi connectivity index (χ1) is 13.7. The zero-order valence-corrected chi connectivity index (χ0v) is 19.2. The Morgan fingerprint density at radius 1 is 1.07 bits per heavy atom. The van der Waals surface area contributed by atoms with Crippen molar-refractivity contribution in [3.8, 4) is 11.3 Å². The molecule has 158 valence electrons. The third-order valence-corrected chi connectivity index (χ3v) is 5.15. The van der Waals surface area contributed by atoms with Crippen LogP contribution >= 0.6 is 0 Å². The lowest BCUT2D eigenvalue weighted by atomic mass is 10.0. The van der Waals surface area contributed by atoms with Gasteiger partial charge in [0.05, 0.1) is 17.1 Å². The predicted molar refractivity (Wildman–Crippen MR) is 124 cm³/mol. The van der Waals surface area contributed by atoms with Crippen molar-refractivity contribution in [2.45, 2.75) is 72.8 Å². The molecule has 0 saturated heterocycles. The Morgan fingerprint density at radius 2 is 1.72 bits per heavy atom. The first kappa shape index (κ1) is 22.8. The number of anilines is 2. The first-order valence-electron chi connectivity index (χ1n) is 10.6. The molecule has 0 aromatic carbocycles. The molecule has 2 N–H and O–H groups in total. The highest BCUT2D eigenvalue weighted by molar-refractivity contribution is 5.99. The minimum absolute atomic E-state index is 0.322. The van der Waals surface area contributed by atoms with Gasteiger partial charge in [-0.25, -0.2) is 15.0 Å². The molecule has 0 atom stereocenters. The summed E-state index contributed by atoms with van der Waals surface area (Å²) >= 11 is 0. The summed E-state index contributed by atoms with van der Waals surface area (Å²) in [5, 5.41) is 11.8. The molecular formula is C23H36N6. The number of hydrogen-bond donors (Lipinski definition) is 2. The maximum absolute atomic E-state index is 8.28. The van der Waals surface area contributed by atoms with Crippen molar-refractivity contribution < 1.29 is 0 Å². The molecule has 0 amide bonds. The third-order valence-electron chi connectivity index (χ3n) is 5.15. The molecule has 0 aliphatic carbocycles. The van der Waals surface area contributed by atoms with E-state index in [-0.39, 0.29) is 0 Å². The quantitative estimate of drug-likeness (QED) is 0.564. The summed E-state index contributed by atoms with van der Waals surface area (Å²) in [6, 6.07) is 4.49. The fourth-order valence-electron chi connectivity index (χ4n) is 3.29. The average Bonchev–Trinajstić information content (AvgIpc) is 2.70. The molecule has 6 heteroatoms. The summed E-state index contributed by atoms with van der Waals surface area (Å²) in [5.41, 5.74) is 4.77. The topological polar surface area (TPSA) is 77.8 Å². The van der Waals surface area contributed by atoms with Crippen molar-refractivity contribution >= 4 is 17.3 Å². The van der Waals surface area contributed by atoms with Gasteiger partial charge in [-0.15, -0.1) is 0 Å². The number of hydrogen-bond acceptors (Lipinski definition) is 6. The van der Waals surface area contributed by atoms with Crippen LogP contribution in [0.4, 0.5) is 11.6 Å². The Morgan fingerprint density at radius 3 is 2.21 bits per heavy atom. The Hall–Kier alpha value is -2.50. The largest absolute Gasteiger partial charge is 0.366 e. The van der Waals surface area contributed by atoms with Crippen LogP contribution in [0.25, 0.3) is 11.3 Å². The van der Waals surface area contributed by atoms with Crippen LogP contribution in [0.1, 0.15) is 77.4 Å². The number of rotatable bonds is 9. The van der Waals surface area contributed by atoms with E-state index >= 15 is 0 Å². The summed E-state index contributed by atoms with van der Waals surface area (Å²) < 4.78 is 0. The number of nitrogens with one attached hydrogen (secondary N) is 2. The molecule has 2 aromatic heterocycles. The van der Waals surface area contributed by atoms with E-state index in [9.17, 15) is 0 Å². The minimum atomic E-state index is 0.322. The molecular weight excluding hydrogens is 360 g/mol. The molecule has 0 spiro atoms. The van der Waals surface area contributed by atoms with Crippen LogP contribution in [-0.4, -0.2) is 40.8 Å². The van der Waals surface area contributed by atoms with Crippen molar-refractivity contribution in [2.75, 3.05) is 24.3 Å². The van der Waals surface area contributed by atoms with E-state index in [1.807, 2.05) is 19.0 Å². The molecule has 0 saturated carbocycles. The lowest BCUT2D eigenvalue weighted by Crippen LogP contribution is -2.22. The van der Waals surface area contributed by atoms with Gasteiger partial charge in [0.1, 0.15) is 11.5 Å². The van der Waals surface area contributed by atoms with Gasteiger partial charge in [-0.05, 0) is 44.2 Å². The van der Waals surface area contributed by atoms with Gasteiger partial charge in [-0.1, -0.05) is 34.6 Å². The highest BCUT2D eigenvalue weighted by Gasteiger charge is 2.21. The van der Waals surface area contributed by atoms with Crippen LogP contribution in [-0.2, 0) is 6.42 Å². The Balaban J connectivity index is 2.70. The molecule has 2 heterocycles. The van der Waals surface area contributed by atoms with Crippen molar-refractivity contribution in [2.24, 2.45) is 0 Å². The number of aromatic nitrogens is 3. The van der Waals surface area contributed by atoms with Crippen LogP contribution in [0.15, 0.2) is 12.1 Å². The van der Waals surface area contributed by atoms with Crippen LogP contribution < -0.4 is 10.2 Å². The van der Waals surface area contributed by atoms with E-state index in [4.69, 9.17) is 20.4 Å². The molecule has 0 aliphatic heterocycles. The summed E-state index contributed by atoms with van der Waals surface area (Å²) in [4.78, 5) is 16.8. The van der Waals surface area contributed by atoms with Gasteiger partial charge in [-0.2, -0.15) is 0 Å². The van der Waals surface area contributed by atoms with E-state index in [0.717, 1.165) is 47.7 Å². The zero-order valence-electron chi connectivity index (χ0n) is 19.2. The van der Waals surface area contributed by atoms with E-state index in [2.05, 4.69) is 52.1 Å². The monoisotopic (exact) mass is 396 g/mol. The normalized spacial score (nSPS) is 11.2. The van der Waals surface area contributed by atoms with Crippen LogP contribution in [0.5, 0.6) is 0 Å². The zero-order chi connectivity index (χ0) is 21.7. The third kappa shape index (κ3) is 5.11. The van der Waals surface area contributed by atoms with Gasteiger partial charge in [0, 0.05) is 31.4 Å². The van der Waals surface area contributed by atoms with Crippen molar-refractivity contribution in [3.63, 3.8) is 0 Å². The van der Waals surface area contributed by atoms with Crippen LogP contribution in [0.3, 0.4) is 0 Å². The van der Waals surface area contributed by atoms with E-state index in [1.165, 1.54) is 0 Å². The molecule has 0 unspecified atom stereocenters. The Labute approximate surface area is 175 Å². The summed E-state index contributed by atoms with van der Waals surface area (Å²) in [7, 11) is 4.00. The average molecular weight is 397 g/mol. The molecule has 29 heavy (non-hydrogen) atoms. The van der Waals surface area contributed by atoms with E-state index in [1.54, 1.807) is 6.92 Å². The van der Waals surface area contributed by atoms with E-state index < -0.39 is 0 Å². The number of aryl methyl sites for hydroxylation is 1. The fourth-order valence-corrected chi connectivity index (χ4v) is 3.29. The lowest BCUT2D eigenvalue weighted by molar-refractivity contribution is 0.667. The van der Waals surface area contributed by atoms with Crippen molar-refractivity contribution in [1.82, 2.24) is 15.0 Å². The fraction of sp³-hybridized carbons (Fsp3) is 0.565. The van der Waals surface area contributed by atoms with Crippen molar-refractivity contribution in [1.29, 1.82) is 5.41 Å². The second-order valence-corrected chi connectivity index (χ2v) is 8.01. The second-order valence-electron chi connectivity index (χ2n) is 8.01. The second kappa shape index (κ2) is 9.81. The predicted octanol–water partition coefficient (Wildman–Crippen LogP) is 5.28. The highest BCUT2D eigenvalue weighted by atomic mass is 15.1. The Kier molecular flexibility index (Phi) is 7.71. The standard InChI is InChI=1S/C23H36N6/c1-9-16(10-2)25-22-20(15(6)24)28-21(18(11-3)26-22)17-12-13-19(14(4)5)27-23(17)29(7)8/h12-14,16,24H,9-11H2,1-8H3,(H,25,26). The van der Waals surface area contributed by atoms with Crippen LogP contribution in [0, 0.1) is 5.41 Å². The highest BCUT2D eigenvalue weighted by Crippen LogP contribution is 2.32. The summed E-state index contributed by atoms with van der Waals surface area (Å²) in [6.07, 6.45) is 2.77. The SMILES string of the molecule is CCc1nc(NC(CC)CC)c(C(C)=N)nc1-c1ccc(C(C)C)nc1N(C)C. The smallest absolute Gasteiger partial charge is 0.154 e. The first-order valence-corrected chi connectivity index (χ1v) is 10.6. The molecule has 6 nitrogen and oxygen atoms in total. The van der Waals surface area contributed by atoms with Gasteiger partial charge < -0.3 is 15.6 Å². The maximum Gasteiger partial charge on any atom is 0.154 e. The molecule has 2 aromatic rings.